The van der Waals surface area contributed by atoms with E-state index < -0.39 is 0 Å². The van der Waals surface area contributed by atoms with Gasteiger partial charge in [0.1, 0.15) is 5.75 Å². The van der Waals surface area contributed by atoms with Crippen molar-refractivity contribution in [2.75, 3.05) is 19.8 Å². The minimum absolute atomic E-state index is 0.0192. The molecule has 0 aliphatic carbocycles. The van der Waals surface area contributed by atoms with Crippen LogP contribution < -0.4 is 4.74 Å². The summed E-state index contributed by atoms with van der Waals surface area (Å²) in [7, 11) is 0. The third-order valence-electron chi connectivity index (χ3n) is 3.26. The van der Waals surface area contributed by atoms with Crippen molar-refractivity contribution in [2.24, 2.45) is 0 Å². The monoisotopic (exact) mass is 408 g/mol. The number of hydrogen-bond donors (Lipinski definition) is 1. The first-order valence-electron chi connectivity index (χ1n) is 8.99. The van der Waals surface area contributed by atoms with Crippen molar-refractivity contribution in [2.45, 2.75) is 65.5 Å². The van der Waals surface area contributed by atoms with E-state index in [9.17, 15) is 5.11 Å². The molecular weight excluding hydrogens is 379 g/mol. The van der Waals surface area contributed by atoms with Crippen LogP contribution in [0.1, 0.15) is 47.0 Å². The molecule has 0 bridgehead atoms. The Bertz CT molecular complexity index is 490. The summed E-state index contributed by atoms with van der Waals surface area (Å²) in [4.78, 5) is 0. The van der Waals surface area contributed by atoms with E-state index in [0.29, 0.717) is 35.6 Å². The van der Waals surface area contributed by atoms with Gasteiger partial charge in [-0.25, -0.2) is 0 Å². The summed E-state index contributed by atoms with van der Waals surface area (Å²) in [6.45, 7) is 9.46. The second-order valence-corrected chi connectivity index (χ2v) is 7.34. The van der Waals surface area contributed by atoms with Crippen LogP contribution in [0.25, 0.3) is 0 Å². The van der Waals surface area contributed by atoms with Gasteiger partial charge in [-0.1, -0.05) is 23.2 Å². The van der Waals surface area contributed by atoms with Crippen LogP contribution in [0, 0.1) is 0 Å². The minimum atomic E-state index is -0.336. The SMILES string of the molecule is CC(C)OC(COCCCCCOc1c(Cl)cc(O)cc1Cl)OC(C)C. The van der Waals surface area contributed by atoms with Crippen LogP contribution in [-0.4, -0.2) is 43.4 Å². The van der Waals surface area contributed by atoms with E-state index in [-0.39, 0.29) is 24.2 Å². The van der Waals surface area contributed by atoms with Crippen LogP contribution in [0.4, 0.5) is 0 Å². The maximum absolute atomic E-state index is 9.39. The summed E-state index contributed by atoms with van der Waals surface area (Å²) in [5, 5.41) is 10.0. The lowest BCUT2D eigenvalue weighted by Gasteiger charge is -2.22. The summed E-state index contributed by atoms with van der Waals surface area (Å²) in [6, 6.07) is 2.82. The molecule has 0 aromatic heterocycles. The largest absolute Gasteiger partial charge is 0.508 e. The Labute approximate surface area is 166 Å². The van der Waals surface area contributed by atoms with E-state index >= 15 is 0 Å². The Morgan fingerprint density at radius 2 is 1.42 bits per heavy atom. The molecule has 1 aromatic carbocycles. The van der Waals surface area contributed by atoms with Gasteiger partial charge in [-0.15, -0.1) is 0 Å². The highest BCUT2D eigenvalue weighted by Crippen LogP contribution is 2.36. The molecule has 0 spiro atoms. The second kappa shape index (κ2) is 12.6. The fraction of sp³-hybridized carbons (Fsp3) is 0.684. The molecule has 0 saturated carbocycles. The highest BCUT2D eigenvalue weighted by Gasteiger charge is 2.13. The number of hydrogen-bond acceptors (Lipinski definition) is 5. The van der Waals surface area contributed by atoms with E-state index in [1.807, 2.05) is 27.7 Å². The number of phenols is 1. The standard InChI is InChI=1S/C19H30Cl2O5/c1-13(2)25-18(26-14(3)4)12-23-8-6-5-7-9-24-19-16(20)10-15(22)11-17(19)21/h10-11,13-14,18,22H,5-9,12H2,1-4H3. The van der Waals surface area contributed by atoms with Gasteiger partial charge in [-0.2, -0.15) is 0 Å². The van der Waals surface area contributed by atoms with Crippen LogP contribution in [0.3, 0.4) is 0 Å². The number of benzene rings is 1. The summed E-state index contributed by atoms with van der Waals surface area (Å²) in [5.41, 5.74) is 0. The first-order chi connectivity index (χ1) is 12.3. The molecular formula is C19H30Cl2O5. The zero-order valence-corrected chi connectivity index (χ0v) is 17.5. The number of rotatable bonds is 13. The average molecular weight is 409 g/mol. The Morgan fingerprint density at radius 3 is 1.96 bits per heavy atom. The quantitative estimate of drug-likeness (QED) is 0.347. The Balaban J connectivity index is 2.15. The Hall–Kier alpha value is -0.720. The molecule has 1 rings (SSSR count). The fourth-order valence-corrected chi connectivity index (χ4v) is 2.82. The third-order valence-corrected chi connectivity index (χ3v) is 3.83. The van der Waals surface area contributed by atoms with Crippen molar-refractivity contribution in [3.8, 4) is 11.5 Å². The lowest BCUT2D eigenvalue weighted by atomic mass is 10.2. The van der Waals surface area contributed by atoms with Crippen molar-refractivity contribution >= 4 is 23.2 Å². The van der Waals surface area contributed by atoms with Gasteiger partial charge in [-0.3, -0.25) is 0 Å². The van der Waals surface area contributed by atoms with Crippen molar-refractivity contribution in [1.29, 1.82) is 0 Å². The molecule has 0 heterocycles. The minimum Gasteiger partial charge on any atom is -0.508 e. The highest BCUT2D eigenvalue weighted by molar-refractivity contribution is 6.37. The molecule has 26 heavy (non-hydrogen) atoms. The summed E-state index contributed by atoms with van der Waals surface area (Å²) in [5.74, 6) is 0.424. The van der Waals surface area contributed by atoms with Crippen LogP contribution in [0.15, 0.2) is 12.1 Å². The summed E-state index contributed by atoms with van der Waals surface area (Å²) < 4.78 is 22.6. The number of ether oxygens (including phenoxy) is 4. The maximum atomic E-state index is 9.39. The molecule has 0 atom stereocenters. The molecule has 0 amide bonds. The smallest absolute Gasteiger partial charge is 0.181 e. The van der Waals surface area contributed by atoms with Crippen LogP contribution >= 0.6 is 23.2 Å². The molecule has 1 N–H and O–H groups in total. The van der Waals surface area contributed by atoms with E-state index in [0.717, 1.165) is 19.3 Å². The lowest BCUT2D eigenvalue weighted by molar-refractivity contribution is -0.204. The molecule has 7 heteroatoms. The Morgan fingerprint density at radius 1 is 0.885 bits per heavy atom. The average Bonchev–Trinajstić information content (AvgIpc) is 2.50. The fourth-order valence-electron chi connectivity index (χ4n) is 2.24. The van der Waals surface area contributed by atoms with E-state index in [4.69, 9.17) is 42.1 Å². The van der Waals surface area contributed by atoms with E-state index in [2.05, 4.69) is 0 Å². The third kappa shape index (κ3) is 9.83. The van der Waals surface area contributed by atoms with Crippen molar-refractivity contribution in [3.63, 3.8) is 0 Å². The molecule has 0 aliphatic rings. The van der Waals surface area contributed by atoms with Gasteiger partial charge < -0.3 is 24.1 Å². The van der Waals surface area contributed by atoms with E-state index in [1.165, 1.54) is 12.1 Å². The zero-order valence-electron chi connectivity index (χ0n) is 16.0. The van der Waals surface area contributed by atoms with Crippen LogP contribution in [0.5, 0.6) is 11.5 Å². The van der Waals surface area contributed by atoms with Crippen molar-refractivity contribution < 1.29 is 24.1 Å². The van der Waals surface area contributed by atoms with Crippen LogP contribution in [-0.2, 0) is 14.2 Å². The predicted molar refractivity (Wildman–Crippen MR) is 105 cm³/mol. The van der Waals surface area contributed by atoms with Gasteiger partial charge in [0, 0.05) is 18.7 Å². The second-order valence-electron chi connectivity index (χ2n) is 6.52. The molecule has 150 valence electrons. The summed E-state index contributed by atoms with van der Waals surface area (Å²) >= 11 is 12.0. The molecule has 1 aromatic rings. The summed E-state index contributed by atoms with van der Waals surface area (Å²) in [6.07, 6.45) is 2.57. The van der Waals surface area contributed by atoms with Gasteiger partial charge in [0.05, 0.1) is 35.5 Å². The van der Waals surface area contributed by atoms with Crippen molar-refractivity contribution in [1.82, 2.24) is 0 Å². The maximum Gasteiger partial charge on any atom is 0.181 e. The Kier molecular flexibility index (Phi) is 11.3. The number of halogens is 2. The lowest BCUT2D eigenvalue weighted by Crippen LogP contribution is -2.29. The topological polar surface area (TPSA) is 57.2 Å². The normalized spacial score (nSPS) is 11.7. The molecule has 0 fully saturated rings. The van der Waals surface area contributed by atoms with Gasteiger partial charge in [0.25, 0.3) is 0 Å². The van der Waals surface area contributed by atoms with Gasteiger partial charge in [0.15, 0.2) is 12.0 Å². The van der Waals surface area contributed by atoms with Crippen LogP contribution in [0.2, 0.25) is 10.0 Å². The number of phenolic OH excluding ortho intramolecular Hbond substituents is 1. The van der Waals surface area contributed by atoms with Crippen molar-refractivity contribution in [3.05, 3.63) is 22.2 Å². The van der Waals surface area contributed by atoms with Gasteiger partial charge in [-0.05, 0) is 47.0 Å². The number of aromatic hydroxyl groups is 1. The molecule has 0 unspecified atom stereocenters. The molecule has 0 saturated heterocycles. The first kappa shape index (κ1) is 23.3. The van der Waals surface area contributed by atoms with Gasteiger partial charge in [0.2, 0.25) is 0 Å². The number of unbranched alkanes of at least 4 members (excludes halogenated alkanes) is 2. The zero-order chi connectivity index (χ0) is 19.5. The predicted octanol–water partition coefficient (Wildman–Crippen LogP) is 5.44. The molecule has 0 aliphatic heterocycles. The molecule has 5 nitrogen and oxygen atoms in total. The highest BCUT2D eigenvalue weighted by atomic mass is 35.5. The first-order valence-corrected chi connectivity index (χ1v) is 9.74. The van der Waals surface area contributed by atoms with Gasteiger partial charge >= 0.3 is 0 Å². The molecule has 0 radical (unpaired) electrons. The van der Waals surface area contributed by atoms with E-state index in [1.54, 1.807) is 0 Å².